The van der Waals surface area contributed by atoms with Crippen LogP contribution in [0, 0.1) is 5.92 Å². The van der Waals surface area contributed by atoms with Crippen molar-refractivity contribution in [2.75, 3.05) is 6.61 Å². The summed E-state index contributed by atoms with van der Waals surface area (Å²) >= 11 is 0. The van der Waals surface area contributed by atoms with Gasteiger partial charge < -0.3 is 14.6 Å². The molecule has 3 rings (SSSR count). The number of fused-ring (bicyclic) bond motifs is 1. The summed E-state index contributed by atoms with van der Waals surface area (Å²) < 4.78 is 7.55. The lowest BCUT2D eigenvalue weighted by molar-refractivity contribution is -0.126. The van der Waals surface area contributed by atoms with Gasteiger partial charge in [-0.25, -0.2) is 0 Å². The van der Waals surface area contributed by atoms with Crippen LogP contribution in [0.5, 0.6) is 5.75 Å². The van der Waals surface area contributed by atoms with Gasteiger partial charge in [0, 0.05) is 6.54 Å². The molecule has 0 spiro atoms. The second-order valence-electron chi connectivity index (χ2n) is 5.07. The van der Waals surface area contributed by atoms with Crippen molar-refractivity contribution in [3.8, 4) is 5.75 Å². The summed E-state index contributed by atoms with van der Waals surface area (Å²) in [6.45, 7) is 3.62. The van der Waals surface area contributed by atoms with E-state index >= 15 is 0 Å². The quantitative estimate of drug-likeness (QED) is 0.916. The lowest BCUT2D eigenvalue weighted by Crippen LogP contribution is -2.37. The number of ether oxygens (including phenoxy) is 1. The van der Waals surface area contributed by atoms with E-state index < -0.39 is 0 Å². The third-order valence-corrected chi connectivity index (χ3v) is 3.71. The molecule has 21 heavy (non-hydrogen) atoms. The number of rotatable bonds is 4. The number of nitrogens with zero attached hydrogens (tertiary/aromatic N) is 3. The van der Waals surface area contributed by atoms with E-state index in [4.69, 9.17) is 4.74 Å². The van der Waals surface area contributed by atoms with E-state index in [1.165, 1.54) is 0 Å². The second-order valence-corrected chi connectivity index (χ2v) is 5.07. The smallest absolute Gasteiger partial charge is 0.227 e. The Morgan fingerprint density at radius 1 is 1.48 bits per heavy atom. The third kappa shape index (κ3) is 2.89. The average Bonchev–Trinajstić information content (AvgIpc) is 2.99. The normalized spacial score (nSPS) is 16.9. The summed E-state index contributed by atoms with van der Waals surface area (Å²) in [7, 11) is 0. The monoisotopic (exact) mass is 286 g/mol. The molecule has 1 amide bonds. The van der Waals surface area contributed by atoms with Crippen LogP contribution in [0.2, 0.25) is 0 Å². The molecule has 2 aromatic rings. The fourth-order valence-electron chi connectivity index (χ4n) is 2.49. The molecule has 0 saturated carbocycles. The van der Waals surface area contributed by atoms with Gasteiger partial charge >= 0.3 is 0 Å². The molecule has 2 heterocycles. The van der Waals surface area contributed by atoms with Gasteiger partial charge in [-0.1, -0.05) is 18.2 Å². The molecule has 1 aliphatic heterocycles. The highest BCUT2D eigenvalue weighted by Gasteiger charge is 2.25. The zero-order chi connectivity index (χ0) is 14.7. The maximum atomic E-state index is 12.3. The van der Waals surface area contributed by atoms with E-state index in [0.29, 0.717) is 19.6 Å². The van der Waals surface area contributed by atoms with E-state index in [1.54, 1.807) is 6.33 Å². The summed E-state index contributed by atoms with van der Waals surface area (Å²) in [6.07, 6.45) is 2.38. The molecule has 0 saturated heterocycles. The van der Waals surface area contributed by atoms with Crippen LogP contribution in [0.15, 0.2) is 30.6 Å². The van der Waals surface area contributed by atoms with Gasteiger partial charge in [0.1, 0.15) is 18.7 Å². The Balaban J connectivity index is 1.60. The van der Waals surface area contributed by atoms with Crippen molar-refractivity contribution in [3.63, 3.8) is 0 Å². The predicted molar refractivity (Wildman–Crippen MR) is 76.7 cm³/mol. The Morgan fingerprint density at radius 2 is 2.33 bits per heavy atom. The molecule has 1 N–H and O–H groups in total. The number of amides is 1. The van der Waals surface area contributed by atoms with Crippen molar-refractivity contribution in [3.05, 3.63) is 42.0 Å². The Bertz CT molecular complexity index is 638. The molecular formula is C15H18N4O2. The molecule has 1 aromatic carbocycles. The predicted octanol–water partition coefficient (Wildman–Crippen LogP) is 1.17. The zero-order valence-corrected chi connectivity index (χ0v) is 12.0. The maximum Gasteiger partial charge on any atom is 0.227 e. The van der Waals surface area contributed by atoms with E-state index in [1.807, 2.05) is 35.8 Å². The Kier molecular flexibility index (Phi) is 3.85. The Hall–Kier alpha value is -2.37. The molecule has 1 unspecified atom stereocenters. The maximum absolute atomic E-state index is 12.3. The van der Waals surface area contributed by atoms with Crippen molar-refractivity contribution in [1.29, 1.82) is 0 Å². The van der Waals surface area contributed by atoms with Crippen LogP contribution >= 0.6 is 0 Å². The molecule has 110 valence electrons. The minimum atomic E-state index is -0.155. The van der Waals surface area contributed by atoms with Crippen LogP contribution in [0.1, 0.15) is 18.3 Å². The Morgan fingerprint density at radius 3 is 3.19 bits per heavy atom. The van der Waals surface area contributed by atoms with Gasteiger partial charge in [0.15, 0.2) is 5.82 Å². The Labute approximate surface area is 123 Å². The molecule has 0 radical (unpaired) electrons. The van der Waals surface area contributed by atoms with Crippen LogP contribution in [-0.4, -0.2) is 27.3 Å². The van der Waals surface area contributed by atoms with E-state index in [-0.39, 0.29) is 11.8 Å². The second kappa shape index (κ2) is 5.95. The van der Waals surface area contributed by atoms with Crippen LogP contribution in [0.3, 0.4) is 0 Å². The van der Waals surface area contributed by atoms with Crippen molar-refractivity contribution in [2.45, 2.75) is 26.4 Å². The summed E-state index contributed by atoms with van der Waals surface area (Å²) in [5, 5.41) is 10.8. The molecule has 1 aromatic heterocycles. The van der Waals surface area contributed by atoms with Crippen LogP contribution in [-0.2, 0) is 24.3 Å². The van der Waals surface area contributed by atoms with Gasteiger partial charge in [0.2, 0.25) is 5.91 Å². The number of aromatic nitrogens is 3. The molecule has 0 bridgehead atoms. The molecule has 6 heteroatoms. The van der Waals surface area contributed by atoms with Gasteiger partial charge in [-0.15, -0.1) is 10.2 Å². The molecular weight excluding hydrogens is 268 g/mol. The summed E-state index contributed by atoms with van der Waals surface area (Å²) in [6, 6.07) is 7.85. The number of nitrogens with one attached hydrogen (secondary N) is 1. The minimum absolute atomic E-state index is 0.00449. The highest BCUT2D eigenvalue weighted by atomic mass is 16.5. The number of hydrogen-bond donors (Lipinski definition) is 1. The lowest BCUT2D eigenvalue weighted by atomic mass is 9.96. The third-order valence-electron chi connectivity index (χ3n) is 3.71. The highest BCUT2D eigenvalue weighted by molar-refractivity contribution is 5.79. The van der Waals surface area contributed by atoms with E-state index in [9.17, 15) is 4.79 Å². The summed E-state index contributed by atoms with van der Waals surface area (Å²) in [5.74, 6) is 1.49. The molecule has 1 atom stereocenters. The first-order chi connectivity index (χ1) is 10.3. The number of carbonyl (C=O) groups is 1. The summed E-state index contributed by atoms with van der Waals surface area (Å²) in [5.41, 5.74) is 1.08. The average molecular weight is 286 g/mol. The van der Waals surface area contributed by atoms with Gasteiger partial charge in [-0.3, -0.25) is 4.79 Å². The molecule has 1 aliphatic rings. The number of benzene rings is 1. The van der Waals surface area contributed by atoms with Crippen LogP contribution in [0.4, 0.5) is 0 Å². The first-order valence-corrected chi connectivity index (χ1v) is 7.13. The lowest BCUT2D eigenvalue weighted by Gasteiger charge is -2.24. The fourth-order valence-corrected chi connectivity index (χ4v) is 2.49. The number of carbonyl (C=O) groups excluding carboxylic acids is 1. The first-order valence-electron chi connectivity index (χ1n) is 7.13. The van der Waals surface area contributed by atoms with Gasteiger partial charge in [0.05, 0.1) is 12.5 Å². The van der Waals surface area contributed by atoms with Gasteiger partial charge in [-0.2, -0.15) is 0 Å². The SMILES string of the molecule is CCn1cnnc1CNC(=O)C1COc2ccccc2C1. The van der Waals surface area contributed by atoms with Crippen molar-refractivity contribution in [2.24, 2.45) is 5.92 Å². The zero-order valence-electron chi connectivity index (χ0n) is 12.0. The number of aryl methyl sites for hydroxylation is 1. The van der Waals surface area contributed by atoms with Gasteiger partial charge in [0.25, 0.3) is 0 Å². The summed E-state index contributed by atoms with van der Waals surface area (Å²) in [4.78, 5) is 12.3. The fraction of sp³-hybridized carbons (Fsp3) is 0.400. The van der Waals surface area contributed by atoms with Crippen molar-refractivity contribution in [1.82, 2.24) is 20.1 Å². The number of para-hydroxylation sites is 1. The first kappa shape index (κ1) is 13.6. The molecule has 6 nitrogen and oxygen atoms in total. The molecule has 0 aliphatic carbocycles. The van der Waals surface area contributed by atoms with E-state index in [2.05, 4.69) is 15.5 Å². The topological polar surface area (TPSA) is 69.0 Å². The van der Waals surface area contributed by atoms with Crippen LogP contribution in [0.25, 0.3) is 0 Å². The molecule has 0 fully saturated rings. The van der Waals surface area contributed by atoms with Crippen molar-refractivity contribution < 1.29 is 9.53 Å². The minimum Gasteiger partial charge on any atom is -0.492 e. The van der Waals surface area contributed by atoms with Crippen LogP contribution < -0.4 is 10.1 Å². The van der Waals surface area contributed by atoms with E-state index in [0.717, 1.165) is 23.7 Å². The highest BCUT2D eigenvalue weighted by Crippen LogP contribution is 2.26. The van der Waals surface area contributed by atoms with Gasteiger partial charge in [-0.05, 0) is 25.0 Å². The van der Waals surface area contributed by atoms with Crippen molar-refractivity contribution >= 4 is 5.91 Å². The standard InChI is InChI=1S/C15H18N4O2/c1-2-19-10-17-18-14(19)8-16-15(20)12-7-11-5-3-4-6-13(11)21-9-12/h3-6,10,12H,2,7-9H2,1H3,(H,16,20). The number of hydrogen-bond acceptors (Lipinski definition) is 4. The largest absolute Gasteiger partial charge is 0.492 e.